The molecule has 5 aromatic carbocycles. The SMILES string of the molecule is O=C1[C@@H]2C3c4ccccc4C(C=NCc4ccccc4)(c4ccccc43)[C@@H]2C(=O)N1c1cccc2ccccc12. The van der Waals surface area contributed by atoms with E-state index >= 15 is 0 Å². The molecule has 0 radical (unpaired) electrons. The molecule has 4 heteroatoms. The molecule has 1 heterocycles. The minimum atomic E-state index is -0.840. The molecule has 2 atom stereocenters. The van der Waals surface area contributed by atoms with Gasteiger partial charge in [0.25, 0.3) is 0 Å². The number of aliphatic imine (C=N–C) groups is 1. The summed E-state index contributed by atoms with van der Waals surface area (Å²) in [6.07, 6.45) is 1.99. The zero-order valence-corrected chi connectivity index (χ0v) is 21.8. The number of amides is 2. The summed E-state index contributed by atoms with van der Waals surface area (Å²) in [5, 5.41) is 1.91. The molecule has 2 bridgehead atoms. The van der Waals surface area contributed by atoms with Crippen LogP contribution in [0.25, 0.3) is 10.8 Å². The van der Waals surface area contributed by atoms with Gasteiger partial charge in [0.2, 0.25) is 11.8 Å². The van der Waals surface area contributed by atoms with Gasteiger partial charge in [-0.3, -0.25) is 14.6 Å². The molecule has 0 unspecified atom stereocenters. The highest BCUT2D eigenvalue weighted by Crippen LogP contribution is 2.63. The summed E-state index contributed by atoms with van der Waals surface area (Å²) < 4.78 is 0. The van der Waals surface area contributed by atoms with E-state index in [0.717, 1.165) is 38.6 Å². The molecule has 192 valence electrons. The summed E-state index contributed by atoms with van der Waals surface area (Å²) in [6, 6.07) is 40.6. The Bertz CT molecular complexity index is 1810. The van der Waals surface area contributed by atoms with E-state index in [1.165, 1.54) is 4.90 Å². The Kier molecular flexibility index (Phi) is 4.96. The summed E-state index contributed by atoms with van der Waals surface area (Å²) in [6.45, 7) is 0.503. The first-order valence-corrected chi connectivity index (χ1v) is 13.8. The molecule has 0 spiro atoms. The van der Waals surface area contributed by atoms with E-state index < -0.39 is 17.3 Å². The van der Waals surface area contributed by atoms with Crippen LogP contribution < -0.4 is 4.90 Å². The fraction of sp³-hybridized carbons (Fsp3) is 0.139. The molecule has 1 aliphatic heterocycles. The average molecular weight is 519 g/mol. The van der Waals surface area contributed by atoms with Crippen molar-refractivity contribution in [1.29, 1.82) is 0 Å². The van der Waals surface area contributed by atoms with Crippen LogP contribution in [-0.4, -0.2) is 18.0 Å². The fourth-order valence-electron chi connectivity index (χ4n) is 7.57. The lowest BCUT2D eigenvalue weighted by molar-refractivity contribution is -0.122. The van der Waals surface area contributed by atoms with Crippen LogP contribution in [0, 0.1) is 11.8 Å². The Morgan fingerprint density at radius 2 is 1.30 bits per heavy atom. The normalized spacial score (nSPS) is 24.4. The molecular weight excluding hydrogens is 492 g/mol. The number of imide groups is 1. The molecule has 40 heavy (non-hydrogen) atoms. The number of benzene rings is 5. The molecule has 0 aromatic heterocycles. The number of nitrogens with zero attached hydrogens (tertiary/aromatic N) is 2. The predicted molar refractivity (Wildman–Crippen MR) is 158 cm³/mol. The van der Waals surface area contributed by atoms with E-state index in [4.69, 9.17) is 4.99 Å². The second-order valence-corrected chi connectivity index (χ2v) is 11.0. The monoisotopic (exact) mass is 518 g/mol. The minimum absolute atomic E-state index is 0.124. The number of hydrogen-bond donors (Lipinski definition) is 0. The molecule has 0 saturated carbocycles. The van der Waals surface area contributed by atoms with Gasteiger partial charge in [0, 0.05) is 17.5 Å². The second-order valence-electron chi connectivity index (χ2n) is 11.0. The van der Waals surface area contributed by atoms with E-state index in [1.807, 2.05) is 91.1 Å². The Morgan fingerprint density at radius 1 is 0.675 bits per heavy atom. The maximum absolute atomic E-state index is 14.7. The number of anilines is 1. The molecule has 4 nitrogen and oxygen atoms in total. The van der Waals surface area contributed by atoms with E-state index in [2.05, 4.69) is 36.4 Å². The topological polar surface area (TPSA) is 49.7 Å². The van der Waals surface area contributed by atoms with Crippen molar-refractivity contribution >= 4 is 34.5 Å². The van der Waals surface area contributed by atoms with Gasteiger partial charge in [0.15, 0.2) is 0 Å². The largest absolute Gasteiger partial charge is 0.291 e. The first kappa shape index (κ1) is 23.1. The van der Waals surface area contributed by atoms with Crippen LogP contribution in [0.3, 0.4) is 0 Å². The van der Waals surface area contributed by atoms with Crippen molar-refractivity contribution in [2.45, 2.75) is 17.9 Å². The molecule has 2 amide bonds. The quantitative estimate of drug-likeness (QED) is 0.197. The van der Waals surface area contributed by atoms with E-state index in [1.54, 1.807) is 0 Å². The van der Waals surface area contributed by atoms with Crippen LogP contribution in [0.2, 0.25) is 0 Å². The summed E-state index contributed by atoms with van der Waals surface area (Å²) in [5.41, 5.74) is 5.32. The zero-order chi connectivity index (χ0) is 26.8. The average Bonchev–Trinajstić information content (AvgIpc) is 3.28. The summed E-state index contributed by atoms with van der Waals surface area (Å²) >= 11 is 0. The predicted octanol–water partition coefficient (Wildman–Crippen LogP) is 6.66. The lowest BCUT2D eigenvalue weighted by Crippen LogP contribution is -2.54. The maximum atomic E-state index is 14.7. The summed E-state index contributed by atoms with van der Waals surface area (Å²) in [4.78, 5) is 35.7. The van der Waals surface area contributed by atoms with Gasteiger partial charge in [-0.2, -0.15) is 0 Å². The highest BCUT2D eigenvalue weighted by Gasteiger charge is 2.68. The number of fused-ring (bicyclic) bond motifs is 1. The molecule has 4 aliphatic rings. The molecule has 1 fully saturated rings. The third kappa shape index (κ3) is 2.99. The van der Waals surface area contributed by atoms with Crippen molar-refractivity contribution in [1.82, 2.24) is 0 Å². The Balaban J connectivity index is 1.36. The highest BCUT2D eigenvalue weighted by atomic mass is 16.2. The van der Waals surface area contributed by atoms with Gasteiger partial charge in [-0.1, -0.05) is 115 Å². The standard InChI is InChI=1S/C36H26N2O2/c39-34-32-31-26-16-6-8-18-28(26)36(29-19-9-7-17-27(29)31,22-37-21-23-11-2-1-3-12-23)33(32)35(40)38(34)30-20-10-14-24-13-4-5-15-25(24)30/h1-20,22,31-33H,21H2/t31?,32-,33+,36?/m1/s1. The van der Waals surface area contributed by atoms with Crippen molar-refractivity contribution in [3.8, 4) is 0 Å². The van der Waals surface area contributed by atoms with Crippen LogP contribution >= 0.6 is 0 Å². The smallest absolute Gasteiger partial charge is 0.239 e. The number of carbonyl (C=O) groups excluding carboxylic acids is 2. The molecule has 3 aliphatic carbocycles. The van der Waals surface area contributed by atoms with Crippen LogP contribution in [0.15, 0.2) is 126 Å². The first-order valence-electron chi connectivity index (χ1n) is 13.8. The fourth-order valence-corrected chi connectivity index (χ4v) is 7.57. The van der Waals surface area contributed by atoms with Gasteiger partial charge in [0.05, 0.1) is 29.5 Å². The van der Waals surface area contributed by atoms with Crippen LogP contribution in [0.1, 0.15) is 33.7 Å². The molecule has 9 rings (SSSR count). The van der Waals surface area contributed by atoms with Gasteiger partial charge in [0.1, 0.15) is 0 Å². The lowest BCUT2D eigenvalue weighted by Gasteiger charge is -2.52. The Labute approximate surface area is 232 Å². The second kappa shape index (κ2) is 8.59. The number of rotatable bonds is 4. The molecular formula is C36H26N2O2. The van der Waals surface area contributed by atoms with Crippen LogP contribution in [0.5, 0.6) is 0 Å². The van der Waals surface area contributed by atoms with Crippen molar-refractivity contribution in [2.75, 3.05) is 4.90 Å². The van der Waals surface area contributed by atoms with Crippen LogP contribution in [0.4, 0.5) is 5.69 Å². The third-order valence-corrected chi connectivity index (χ3v) is 9.10. The molecule has 1 saturated heterocycles. The Hall–Kier alpha value is -4.83. The van der Waals surface area contributed by atoms with Gasteiger partial charge < -0.3 is 0 Å². The third-order valence-electron chi connectivity index (χ3n) is 9.10. The zero-order valence-electron chi connectivity index (χ0n) is 21.8. The van der Waals surface area contributed by atoms with Crippen molar-refractivity contribution < 1.29 is 9.59 Å². The lowest BCUT2D eigenvalue weighted by atomic mass is 9.47. The van der Waals surface area contributed by atoms with Crippen molar-refractivity contribution in [3.05, 3.63) is 149 Å². The summed E-state index contributed by atoms with van der Waals surface area (Å²) in [5.74, 6) is -1.53. The molecule has 0 N–H and O–H groups in total. The summed E-state index contributed by atoms with van der Waals surface area (Å²) in [7, 11) is 0. The number of carbonyl (C=O) groups is 2. The van der Waals surface area contributed by atoms with Gasteiger partial charge in [-0.15, -0.1) is 0 Å². The van der Waals surface area contributed by atoms with Gasteiger partial charge in [-0.05, 0) is 39.3 Å². The highest BCUT2D eigenvalue weighted by molar-refractivity contribution is 6.27. The first-order chi connectivity index (χ1) is 19.7. The van der Waals surface area contributed by atoms with Crippen LogP contribution in [-0.2, 0) is 21.5 Å². The van der Waals surface area contributed by atoms with Crippen molar-refractivity contribution in [3.63, 3.8) is 0 Å². The maximum Gasteiger partial charge on any atom is 0.239 e. The van der Waals surface area contributed by atoms with E-state index in [0.29, 0.717) is 12.2 Å². The van der Waals surface area contributed by atoms with Crippen molar-refractivity contribution in [2.24, 2.45) is 16.8 Å². The Morgan fingerprint density at radius 3 is 2.05 bits per heavy atom. The minimum Gasteiger partial charge on any atom is -0.291 e. The van der Waals surface area contributed by atoms with E-state index in [-0.39, 0.29) is 17.7 Å². The van der Waals surface area contributed by atoms with Gasteiger partial charge in [-0.25, -0.2) is 4.90 Å². The van der Waals surface area contributed by atoms with Gasteiger partial charge >= 0.3 is 0 Å². The molecule has 5 aromatic rings. The van der Waals surface area contributed by atoms with E-state index in [9.17, 15) is 9.59 Å². The number of hydrogen-bond acceptors (Lipinski definition) is 3.